The zero-order valence-corrected chi connectivity index (χ0v) is 25.8. The Balaban J connectivity index is 1.44. The summed E-state index contributed by atoms with van der Waals surface area (Å²) >= 11 is 9.51. The number of benzene rings is 2. The average Bonchev–Trinajstić information content (AvgIpc) is 3.34. The van der Waals surface area contributed by atoms with Gasteiger partial charge in [-0.2, -0.15) is 18.4 Å². The van der Waals surface area contributed by atoms with E-state index in [0.29, 0.717) is 22.9 Å². The minimum Gasteiger partial charge on any atom is -0.484 e. The van der Waals surface area contributed by atoms with E-state index >= 15 is 0 Å². The third kappa shape index (κ3) is 6.62. The van der Waals surface area contributed by atoms with Crippen LogP contribution in [0.15, 0.2) is 51.8 Å². The first-order chi connectivity index (χ1) is 20.7. The summed E-state index contributed by atoms with van der Waals surface area (Å²) in [6, 6.07) is 11.5. The summed E-state index contributed by atoms with van der Waals surface area (Å²) in [5.41, 5.74) is -0.785. The molecule has 0 aromatic heterocycles. The number of sulfone groups is 1. The number of nitrogens with zero attached hydrogens (tertiary/aromatic N) is 2. The van der Waals surface area contributed by atoms with Gasteiger partial charge < -0.3 is 29.2 Å². The molecule has 2 atom stereocenters. The molecule has 2 heterocycles. The van der Waals surface area contributed by atoms with E-state index in [1.165, 1.54) is 0 Å². The first-order valence-electron chi connectivity index (χ1n) is 13.2. The van der Waals surface area contributed by atoms with Crippen molar-refractivity contribution in [1.29, 1.82) is 5.26 Å². The van der Waals surface area contributed by atoms with Gasteiger partial charge in [0.15, 0.2) is 22.7 Å². The number of likely N-dealkylation sites (tertiary alicyclic amines) is 1. The molecule has 11 nitrogen and oxygen atoms in total. The SMILES string of the molecule is N#CC1(NC(=O)O[C@H]2C[C@@H](S(=O)(=O)c3ccc(OCC(F)(F)F)cc3Cl)CN2C(=O)C2(c3ccc(Br)cc3)OCCO2)CC1. The van der Waals surface area contributed by atoms with Crippen molar-refractivity contribution in [2.24, 2.45) is 0 Å². The zero-order valence-electron chi connectivity index (χ0n) is 22.6. The van der Waals surface area contributed by atoms with Gasteiger partial charge >= 0.3 is 12.3 Å². The zero-order chi connectivity index (χ0) is 31.9. The summed E-state index contributed by atoms with van der Waals surface area (Å²) in [5.74, 6) is -3.08. The number of hydrogen-bond acceptors (Lipinski definition) is 9. The van der Waals surface area contributed by atoms with Crippen molar-refractivity contribution < 1.29 is 50.1 Å². The number of ether oxygens (including phenoxy) is 4. The third-order valence-electron chi connectivity index (χ3n) is 7.27. The highest BCUT2D eigenvalue weighted by molar-refractivity contribution is 9.10. The first kappa shape index (κ1) is 32.3. The second-order valence-corrected chi connectivity index (χ2v) is 13.9. The normalized spacial score (nSPS) is 22.2. The molecule has 3 fully saturated rings. The summed E-state index contributed by atoms with van der Waals surface area (Å²) in [7, 11) is -4.36. The molecule has 236 valence electrons. The van der Waals surface area contributed by atoms with Crippen LogP contribution in [0, 0.1) is 11.3 Å². The molecule has 1 N–H and O–H groups in total. The number of hydrogen-bond donors (Lipinski definition) is 1. The van der Waals surface area contributed by atoms with Crippen molar-refractivity contribution in [2.45, 2.75) is 53.1 Å². The number of halogens is 5. The van der Waals surface area contributed by atoms with Gasteiger partial charge in [0.1, 0.15) is 11.3 Å². The van der Waals surface area contributed by atoms with Crippen molar-refractivity contribution in [3.63, 3.8) is 0 Å². The molecule has 0 spiro atoms. The maximum Gasteiger partial charge on any atom is 0.422 e. The van der Waals surface area contributed by atoms with Gasteiger partial charge in [-0.1, -0.05) is 39.7 Å². The summed E-state index contributed by atoms with van der Waals surface area (Å²) in [5, 5.41) is 10.0. The molecule has 1 saturated carbocycles. The summed E-state index contributed by atoms with van der Waals surface area (Å²) in [6.45, 7) is -1.98. The summed E-state index contributed by atoms with van der Waals surface area (Å²) < 4.78 is 87.7. The average molecular weight is 723 g/mol. The first-order valence-corrected chi connectivity index (χ1v) is 15.9. The van der Waals surface area contributed by atoms with E-state index in [-0.39, 0.29) is 25.4 Å². The Bertz CT molecular complexity index is 1590. The Kier molecular flexibility index (Phi) is 8.82. The number of alkyl halides is 3. The van der Waals surface area contributed by atoms with Gasteiger partial charge in [-0.15, -0.1) is 0 Å². The molecule has 2 amide bonds. The fourth-order valence-electron chi connectivity index (χ4n) is 4.88. The van der Waals surface area contributed by atoms with Crippen LogP contribution in [0.3, 0.4) is 0 Å². The van der Waals surface area contributed by atoms with Gasteiger partial charge in [0.25, 0.3) is 11.7 Å². The summed E-state index contributed by atoms with van der Waals surface area (Å²) in [6.07, 6.45) is -6.66. The van der Waals surface area contributed by atoms with Crippen molar-refractivity contribution in [2.75, 3.05) is 26.4 Å². The molecule has 2 aromatic rings. The van der Waals surface area contributed by atoms with E-state index in [1.54, 1.807) is 24.3 Å². The van der Waals surface area contributed by atoms with Gasteiger partial charge in [-0.05, 0) is 37.1 Å². The molecule has 1 aliphatic carbocycles. The molecule has 3 aliphatic rings. The van der Waals surface area contributed by atoms with Crippen LogP contribution in [-0.2, 0) is 34.6 Å². The highest BCUT2D eigenvalue weighted by Crippen LogP contribution is 2.40. The molecule has 2 aromatic carbocycles. The van der Waals surface area contributed by atoms with Crippen LogP contribution < -0.4 is 10.1 Å². The van der Waals surface area contributed by atoms with Crippen molar-refractivity contribution in [1.82, 2.24) is 10.2 Å². The van der Waals surface area contributed by atoms with Crippen LogP contribution in [-0.4, -0.2) is 74.9 Å². The molecule has 44 heavy (non-hydrogen) atoms. The quantitative estimate of drug-likeness (QED) is 0.419. The molecule has 17 heteroatoms. The predicted octanol–water partition coefficient (Wildman–Crippen LogP) is 4.43. The van der Waals surface area contributed by atoms with E-state index in [1.807, 2.05) is 6.07 Å². The molecule has 5 rings (SSSR count). The van der Waals surface area contributed by atoms with E-state index in [4.69, 9.17) is 25.8 Å². The molecular formula is C27H24BrClF3N3O8S. The van der Waals surface area contributed by atoms with E-state index < -0.39 is 73.9 Å². The van der Waals surface area contributed by atoms with E-state index in [9.17, 15) is 36.4 Å². The second kappa shape index (κ2) is 12.0. The lowest BCUT2D eigenvalue weighted by molar-refractivity contribution is -0.203. The number of amides is 2. The van der Waals surface area contributed by atoms with E-state index in [0.717, 1.165) is 23.1 Å². The van der Waals surface area contributed by atoms with Crippen LogP contribution in [0.2, 0.25) is 5.02 Å². The van der Waals surface area contributed by atoms with Gasteiger partial charge in [0.2, 0.25) is 0 Å². The maximum atomic E-state index is 14.1. The van der Waals surface area contributed by atoms with Crippen LogP contribution in [0.4, 0.5) is 18.0 Å². The molecule has 0 radical (unpaired) electrons. The Morgan fingerprint density at radius 3 is 2.39 bits per heavy atom. The fraction of sp³-hybridized carbons (Fsp3) is 0.444. The minimum absolute atomic E-state index is 0.0481. The van der Waals surface area contributed by atoms with E-state index in [2.05, 4.69) is 26.0 Å². The lowest BCUT2D eigenvalue weighted by Gasteiger charge is -2.33. The monoisotopic (exact) mass is 721 g/mol. The number of nitriles is 1. The van der Waals surface area contributed by atoms with Gasteiger partial charge in [-0.3, -0.25) is 4.79 Å². The molecule has 0 unspecified atom stereocenters. The lowest BCUT2D eigenvalue weighted by atomic mass is 10.0. The van der Waals surface area contributed by atoms with Crippen LogP contribution in [0.1, 0.15) is 24.8 Å². The number of carbonyl (C=O) groups excluding carboxylic acids is 2. The minimum atomic E-state index is -4.62. The fourth-order valence-corrected chi connectivity index (χ4v) is 7.36. The van der Waals surface area contributed by atoms with Crippen LogP contribution >= 0.6 is 27.5 Å². The Labute approximate surface area is 263 Å². The molecule has 2 aliphatic heterocycles. The Hall–Kier alpha value is -3.10. The third-order valence-corrected chi connectivity index (χ3v) is 10.4. The Morgan fingerprint density at radius 1 is 1.16 bits per heavy atom. The van der Waals surface area contributed by atoms with Gasteiger partial charge in [0.05, 0.1) is 34.5 Å². The van der Waals surface area contributed by atoms with Gasteiger partial charge in [-0.25, -0.2) is 13.2 Å². The number of nitrogens with one attached hydrogen (secondary N) is 1. The largest absolute Gasteiger partial charge is 0.484 e. The number of carbonyl (C=O) groups is 2. The van der Waals surface area contributed by atoms with Gasteiger partial charge in [0, 0.05) is 29.1 Å². The molecular weight excluding hydrogens is 699 g/mol. The predicted molar refractivity (Wildman–Crippen MR) is 149 cm³/mol. The highest BCUT2D eigenvalue weighted by atomic mass is 79.9. The Morgan fingerprint density at radius 2 is 1.82 bits per heavy atom. The van der Waals surface area contributed by atoms with Crippen LogP contribution in [0.5, 0.6) is 5.75 Å². The van der Waals surface area contributed by atoms with Crippen molar-refractivity contribution >= 4 is 49.4 Å². The van der Waals surface area contributed by atoms with Crippen LogP contribution in [0.25, 0.3) is 0 Å². The van der Waals surface area contributed by atoms with Crippen molar-refractivity contribution in [3.05, 3.63) is 57.5 Å². The molecule has 2 saturated heterocycles. The maximum absolute atomic E-state index is 14.1. The standard InChI is InChI=1S/C27H24BrClF3N3O8S/c28-17-3-1-16(2-4-17)27(41-9-10-42-27)23(36)35-13-19(12-22(35)43-24(37)34-25(14-33)7-8-25)44(38,39)21-6-5-18(11-20(21)29)40-15-26(30,31)32/h1-6,11,19,22H,7-10,12-13,15H2,(H,34,37)/t19-,22+/m1/s1. The smallest absolute Gasteiger partial charge is 0.422 e. The highest BCUT2D eigenvalue weighted by Gasteiger charge is 2.55. The number of rotatable bonds is 8. The topological polar surface area (TPSA) is 144 Å². The lowest BCUT2D eigenvalue weighted by Crippen LogP contribution is -2.51. The summed E-state index contributed by atoms with van der Waals surface area (Å²) in [4.78, 5) is 27.5. The number of alkyl carbamates (subject to hydrolysis) is 1. The molecule has 0 bridgehead atoms. The second-order valence-electron chi connectivity index (χ2n) is 10.4. The van der Waals surface area contributed by atoms with Crippen molar-refractivity contribution in [3.8, 4) is 11.8 Å².